The summed E-state index contributed by atoms with van der Waals surface area (Å²) < 4.78 is 20.5. The van der Waals surface area contributed by atoms with Crippen LogP contribution >= 0.6 is 0 Å². The van der Waals surface area contributed by atoms with Gasteiger partial charge in [0, 0.05) is 34.6 Å². The number of ketones is 1. The first-order valence-electron chi connectivity index (χ1n) is 10.8. The molecule has 0 bridgehead atoms. The van der Waals surface area contributed by atoms with E-state index in [4.69, 9.17) is 4.74 Å². The topological polar surface area (TPSA) is 68.5 Å². The average molecular weight is 450 g/mol. The number of rotatable bonds is 9. The molecule has 1 atom stereocenters. The molecule has 0 aliphatic heterocycles. The molecule has 6 heteroatoms. The van der Waals surface area contributed by atoms with E-state index in [-0.39, 0.29) is 24.0 Å². The number of allylic oxidation sites excluding steroid dienone is 1. The Morgan fingerprint density at radius 2 is 1.82 bits per heavy atom. The molecule has 0 saturated carbocycles. The Kier molecular flexibility index (Phi) is 7.61. The van der Waals surface area contributed by atoms with Crippen molar-refractivity contribution in [3.8, 4) is 11.1 Å². The number of para-hydroxylation sites is 1. The molecule has 0 amide bonds. The fraction of sp³-hybridized carbons (Fsp3) is 0.259. The van der Waals surface area contributed by atoms with E-state index in [1.807, 2.05) is 24.3 Å². The van der Waals surface area contributed by atoms with Crippen molar-refractivity contribution in [2.24, 2.45) is 0 Å². The van der Waals surface area contributed by atoms with Crippen LogP contribution in [-0.2, 0) is 14.3 Å². The monoisotopic (exact) mass is 449 g/mol. The minimum Gasteiger partial charge on any atom is -0.432 e. The van der Waals surface area contributed by atoms with E-state index in [1.54, 1.807) is 24.3 Å². The van der Waals surface area contributed by atoms with Gasteiger partial charge < -0.3 is 14.4 Å². The molecule has 3 aromatic rings. The van der Waals surface area contributed by atoms with Crippen LogP contribution in [0.5, 0.6) is 0 Å². The summed E-state index contributed by atoms with van der Waals surface area (Å²) in [7, 11) is 0. The number of halogens is 1. The molecule has 0 aliphatic rings. The molecule has 0 aliphatic carbocycles. The molecule has 1 unspecified atom stereocenters. The molecule has 172 valence electrons. The number of Topliss-reactive ketones (excluding diaryl/α,β-unsaturated/α-hetero) is 1. The molecule has 0 spiro atoms. The minimum absolute atomic E-state index is 0.111. The normalized spacial score (nSPS) is 12.4. The number of aromatic nitrogens is 1. The second-order valence-corrected chi connectivity index (χ2v) is 8.27. The molecular formula is C27H28FNO4. The van der Waals surface area contributed by atoms with Crippen LogP contribution in [0.3, 0.4) is 0 Å². The SMILES string of the molecule is C=C(C)OC(=O)CC(=O)CC(O)/C=C/c1c(-c2ccc(F)cc2)c2ccccc2n1C(C)C. The molecule has 0 fully saturated rings. The number of fused-ring (bicyclic) bond motifs is 1. The van der Waals surface area contributed by atoms with Gasteiger partial charge in [-0.15, -0.1) is 0 Å². The number of carbonyl (C=O) groups is 2. The van der Waals surface area contributed by atoms with Gasteiger partial charge in [-0.05, 0) is 50.6 Å². The van der Waals surface area contributed by atoms with E-state index < -0.39 is 24.3 Å². The third-order valence-electron chi connectivity index (χ3n) is 5.14. The number of ether oxygens (including phenoxy) is 1. The molecule has 0 radical (unpaired) electrons. The van der Waals surface area contributed by atoms with Crippen LogP contribution in [0.25, 0.3) is 28.1 Å². The molecule has 0 saturated heterocycles. The van der Waals surface area contributed by atoms with Gasteiger partial charge in [0.15, 0.2) is 0 Å². The highest BCUT2D eigenvalue weighted by Crippen LogP contribution is 2.38. The lowest BCUT2D eigenvalue weighted by Crippen LogP contribution is -2.16. The first-order chi connectivity index (χ1) is 15.7. The van der Waals surface area contributed by atoms with Crippen LogP contribution in [-0.4, -0.2) is 27.5 Å². The summed E-state index contributed by atoms with van der Waals surface area (Å²) in [6.45, 7) is 9.11. The first kappa shape index (κ1) is 24.1. The molecule has 33 heavy (non-hydrogen) atoms. The summed E-state index contributed by atoms with van der Waals surface area (Å²) in [6, 6.07) is 14.3. The van der Waals surface area contributed by atoms with Crippen molar-refractivity contribution < 1.29 is 23.8 Å². The summed E-state index contributed by atoms with van der Waals surface area (Å²) in [5, 5.41) is 11.4. The predicted octanol–water partition coefficient (Wildman–Crippen LogP) is 5.83. The van der Waals surface area contributed by atoms with Crippen LogP contribution in [0.15, 0.2) is 66.9 Å². The van der Waals surface area contributed by atoms with Crippen molar-refractivity contribution in [1.82, 2.24) is 4.57 Å². The van der Waals surface area contributed by atoms with E-state index in [1.165, 1.54) is 19.1 Å². The van der Waals surface area contributed by atoms with Gasteiger partial charge in [-0.2, -0.15) is 0 Å². The second kappa shape index (κ2) is 10.4. The van der Waals surface area contributed by atoms with Crippen molar-refractivity contribution >= 4 is 28.7 Å². The largest absolute Gasteiger partial charge is 0.432 e. The maximum Gasteiger partial charge on any atom is 0.318 e. The van der Waals surface area contributed by atoms with Gasteiger partial charge in [-0.1, -0.05) is 43.0 Å². The Labute approximate surface area is 192 Å². The summed E-state index contributed by atoms with van der Waals surface area (Å²) in [5.41, 5.74) is 3.62. The van der Waals surface area contributed by atoms with Crippen molar-refractivity contribution in [1.29, 1.82) is 0 Å². The van der Waals surface area contributed by atoms with Gasteiger partial charge in [0.2, 0.25) is 0 Å². The molecule has 3 rings (SSSR count). The first-order valence-corrected chi connectivity index (χ1v) is 10.8. The number of aliphatic hydroxyl groups is 1. The van der Waals surface area contributed by atoms with Gasteiger partial charge in [-0.25, -0.2) is 4.39 Å². The highest BCUT2D eigenvalue weighted by molar-refractivity contribution is 6.01. The van der Waals surface area contributed by atoms with Crippen molar-refractivity contribution in [2.45, 2.75) is 45.8 Å². The smallest absolute Gasteiger partial charge is 0.318 e. The highest BCUT2D eigenvalue weighted by Gasteiger charge is 2.19. The molecule has 1 aromatic heterocycles. The van der Waals surface area contributed by atoms with Crippen molar-refractivity contribution in [2.75, 3.05) is 0 Å². The number of hydrogen-bond donors (Lipinski definition) is 1. The summed E-state index contributed by atoms with van der Waals surface area (Å²) >= 11 is 0. The lowest BCUT2D eigenvalue weighted by atomic mass is 10.0. The zero-order chi connectivity index (χ0) is 24.1. The summed E-state index contributed by atoms with van der Waals surface area (Å²) in [4.78, 5) is 23.8. The van der Waals surface area contributed by atoms with Gasteiger partial charge >= 0.3 is 5.97 Å². The van der Waals surface area contributed by atoms with Gasteiger partial charge in [-0.3, -0.25) is 9.59 Å². The van der Waals surface area contributed by atoms with E-state index in [9.17, 15) is 19.1 Å². The summed E-state index contributed by atoms with van der Waals surface area (Å²) in [5.74, 6) is -1.23. The number of aliphatic hydroxyl groups excluding tert-OH is 1. The van der Waals surface area contributed by atoms with Crippen LogP contribution in [0, 0.1) is 5.82 Å². The van der Waals surface area contributed by atoms with Crippen LogP contribution in [0.1, 0.15) is 45.3 Å². The van der Waals surface area contributed by atoms with Crippen LogP contribution < -0.4 is 0 Å². The van der Waals surface area contributed by atoms with E-state index >= 15 is 0 Å². The van der Waals surface area contributed by atoms with Crippen molar-refractivity contribution in [3.05, 3.63) is 78.5 Å². The summed E-state index contributed by atoms with van der Waals surface area (Å²) in [6.07, 6.45) is 1.61. The fourth-order valence-electron chi connectivity index (χ4n) is 3.89. The predicted molar refractivity (Wildman–Crippen MR) is 128 cm³/mol. The number of carbonyl (C=O) groups excluding carboxylic acids is 2. The lowest BCUT2D eigenvalue weighted by molar-refractivity contribution is -0.142. The third-order valence-corrected chi connectivity index (χ3v) is 5.14. The molecule has 2 aromatic carbocycles. The molecule has 5 nitrogen and oxygen atoms in total. The lowest BCUT2D eigenvalue weighted by Gasteiger charge is -2.14. The maximum atomic E-state index is 13.6. The average Bonchev–Trinajstić information content (AvgIpc) is 3.06. The Balaban J connectivity index is 1.95. The van der Waals surface area contributed by atoms with E-state index in [0.29, 0.717) is 0 Å². The standard InChI is InChI=1S/C27H28FNO4/c1-17(2)29-24-8-6-5-7-23(24)27(19-9-11-20(28)12-10-19)25(29)14-13-21(30)15-22(31)16-26(32)33-18(3)4/h5-14,17,21,30H,3,15-16H2,1-2,4H3/b14-13+. The molecule has 1 N–H and O–H groups in total. The molecule has 1 heterocycles. The van der Waals surface area contributed by atoms with Crippen LogP contribution in [0.2, 0.25) is 0 Å². The zero-order valence-corrected chi connectivity index (χ0v) is 19.0. The van der Waals surface area contributed by atoms with E-state index in [0.717, 1.165) is 27.7 Å². The highest BCUT2D eigenvalue weighted by atomic mass is 19.1. The van der Waals surface area contributed by atoms with Gasteiger partial charge in [0.1, 0.15) is 18.0 Å². The van der Waals surface area contributed by atoms with Crippen LogP contribution in [0.4, 0.5) is 4.39 Å². The Morgan fingerprint density at radius 3 is 2.45 bits per heavy atom. The van der Waals surface area contributed by atoms with Gasteiger partial charge in [0.25, 0.3) is 0 Å². The maximum absolute atomic E-state index is 13.6. The number of hydrogen-bond acceptors (Lipinski definition) is 4. The minimum atomic E-state index is -1.07. The van der Waals surface area contributed by atoms with Gasteiger partial charge in [0.05, 0.1) is 11.9 Å². The number of benzene rings is 2. The fourth-order valence-corrected chi connectivity index (χ4v) is 3.89. The van der Waals surface area contributed by atoms with Crippen molar-refractivity contribution in [3.63, 3.8) is 0 Å². The zero-order valence-electron chi connectivity index (χ0n) is 19.0. The Hall–Kier alpha value is -3.51. The third kappa shape index (κ3) is 5.84. The Bertz CT molecular complexity index is 1200. The quantitative estimate of drug-likeness (QED) is 0.254. The van der Waals surface area contributed by atoms with E-state index in [2.05, 4.69) is 25.0 Å². The number of esters is 1. The number of nitrogens with zero attached hydrogens (tertiary/aromatic N) is 1. The Morgan fingerprint density at radius 1 is 1.15 bits per heavy atom. The second-order valence-electron chi connectivity index (χ2n) is 8.27. The molecular weight excluding hydrogens is 421 g/mol.